The van der Waals surface area contributed by atoms with Gasteiger partial charge in [0.05, 0.1) is 3.58 Å². The number of hydrogen-bond donors (Lipinski definition) is 0. The van der Waals surface area contributed by atoms with E-state index in [4.69, 9.17) is 0 Å². The summed E-state index contributed by atoms with van der Waals surface area (Å²) in [7, 11) is 0. The van der Waals surface area contributed by atoms with Crippen LogP contribution in [-0.4, -0.2) is 0 Å². The van der Waals surface area contributed by atoms with Crippen molar-refractivity contribution in [1.82, 2.24) is 0 Å². The van der Waals surface area contributed by atoms with Gasteiger partial charge in [-0.3, -0.25) is 0 Å². The average Bonchev–Trinajstić information content (AvgIpc) is 2.15. The fourth-order valence-electron chi connectivity index (χ4n) is 1.33. The highest BCUT2D eigenvalue weighted by atomic mass is 127. The highest BCUT2D eigenvalue weighted by molar-refractivity contribution is 14.1. The van der Waals surface area contributed by atoms with Crippen molar-refractivity contribution < 1.29 is 4.39 Å². The van der Waals surface area contributed by atoms with E-state index in [-0.39, 0.29) is 5.83 Å². The molecule has 12 heavy (non-hydrogen) atoms. The van der Waals surface area contributed by atoms with E-state index in [1.54, 1.807) is 6.08 Å². The van der Waals surface area contributed by atoms with Crippen LogP contribution in [0.25, 0.3) is 0 Å². The Kier molecular flexibility index (Phi) is 2.17. The van der Waals surface area contributed by atoms with Crippen molar-refractivity contribution in [2.75, 3.05) is 0 Å². The standard InChI is InChI=1S/C10H8FI/c11-9-6-8(10(9)12)7-4-2-1-3-5-7/h2,4-6H,1,3H2. The van der Waals surface area contributed by atoms with E-state index >= 15 is 0 Å². The summed E-state index contributed by atoms with van der Waals surface area (Å²) in [6.45, 7) is 0. The van der Waals surface area contributed by atoms with Crippen molar-refractivity contribution in [1.29, 1.82) is 0 Å². The van der Waals surface area contributed by atoms with E-state index in [0.29, 0.717) is 0 Å². The molecule has 0 aromatic rings. The Labute approximate surface area is 84.7 Å². The Balaban J connectivity index is 2.23. The first-order chi connectivity index (χ1) is 5.79. The zero-order valence-corrected chi connectivity index (χ0v) is 8.64. The molecular formula is C10H8FI. The van der Waals surface area contributed by atoms with Gasteiger partial charge in [-0.25, -0.2) is 4.39 Å². The van der Waals surface area contributed by atoms with E-state index in [0.717, 1.165) is 22.0 Å². The van der Waals surface area contributed by atoms with Crippen LogP contribution < -0.4 is 0 Å². The second-order valence-corrected chi connectivity index (χ2v) is 3.94. The van der Waals surface area contributed by atoms with Gasteiger partial charge < -0.3 is 0 Å². The summed E-state index contributed by atoms with van der Waals surface area (Å²) in [6, 6.07) is 0. The molecule has 2 aliphatic rings. The number of halogens is 2. The van der Waals surface area contributed by atoms with E-state index in [2.05, 4.69) is 18.2 Å². The molecule has 0 unspecified atom stereocenters. The normalized spacial score (nSPS) is 21.8. The van der Waals surface area contributed by atoms with Crippen LogP contribution >= 0.6 is 22.6 Å². The molecule has 0 atom stereocenters. The highest BCUT2D eigenvalue weighted by Gasteiger charge is 2.19. The lowest BCUT2D eigenvalue weighted by molar-refractivity contribution is 0.653. The fraction of sp³-hybridized carbons (Fsp3) is 0.200. The highest BCUT2D eigenvalue weighted by Crippen LogP contribution is 2.38. The molecule has 0 nitrogen and oxygen atoms in total. The van der Waals surface area contributed by atoms with Gasteiger partial charge in [-0.2, -0.15) is 0 Å². The fourth-order valence-corrected chi connectivity index (χ4v) is 1.95. The predicted molar refractivity (Wildman–Crippen MR) is 56.7 cm³/mol. The van der Waals surface area contributed by atoms with Gasteiger partial charge in [0.25, 0.3) is 0 Å². The first kappa shape index (κ1) is 8.23. The van der Waals surface area contributed by atoms with Crippen molar-refractivity contribution in [3.05, 3.63) is 44.9 Å². The summed E-state index contributed by atoms with van der Waals surface area (Å²) in [5.74, 6) is -0.0783. The van der Waals surface area contributed by atoms with Gasteiger partial charge in [-0.15, -0.1) is 0 Å². The van der Waals surface area contributed by atoms with Crippen molar-refractivity contribution in [2.45, 2.75) is 12.8 Å². The maximum atomic E-state index is 12.7. The van der Waals surface area contributed by atoms with Gasteiger partial charge in [-0.1, -0.05) is 18.2 Å². The summed E-state index contributed by atoms with van der Waals surface area (Å²) in [6.07, 6.45) is 10.2. The van der Waals surface area contributed by atoms with Crippen LogP contribution in [0, 0.1) is 0 Å². The zero-order valence-electron chi connectivity index (χ0n) is 6.48. The molecule has 0 aromatic heterocycles. The molecule has 0 bridgehead atoms. The lowest BCUT2D eigenvalue weighted by atomic mass is 9.94. The third kappa shape index (κ3) is 1.28. The van der Waals surface area contributed by atoms with Crippen molar-refractivity contribution >= 4 is 22.6 Å². The minimum Gasteiger partial charge on any atom is -0.206 e. The molecule has 0 N–H and O–H groups in total. The first-order valence-corrected chi connectivity index (χ1v) is 5.01. The van der Waals surface area contributed by atoms with Crippen LogP contribution in [0.5, 0.6) is 0 Å². The van der Waals surface area contributed by atoms with Gasteiger partial charge in [0.2, 0.25) is 0 Å². The molecule has 0 aromatic carbocycles. The molecule has 2 heteroatoms. The van der Waals surface area contributed by atoms with Crippen LogP contribution in [-0.2, 0) is 0 Å². The van der Waals surface area contributed by atoms with Crippen molar-refractivity contribution in [2.24, 2.45) is 0 Å². The Morgan fingerprint density at radius 3 is 2.67 bits per heavy atom. The lowest BCUT2D eigenvalue weighted by Crippen LogP contribution is -1.99. The van der Waals surface area contributed by atoms with E-state index < -0.39 is 0 Å². The quantitative estimate of drug-likeness (QED) is 0.638. The minimum absolute atomic E-state index is 0.0783. The van der Waals surface area contributed by atoms with E-state index in [9.17, 15) is 4.39 Å². The maximum Gasteiger partial charge on any atom is 0.137 e. The molecule has 2 aliphatic carbocycles. The minimum atomic E-state index is -0.0783. The molecule has 0 aliphatic heterocycles. The Bertz CT molecular complexity index is 330. The van der Waals surface area contributed by atoms with Gasteiger partial charge in [0.1, 0.15) is 5.83 Å². The Hall–Kier alpha value is -0.380. The summed E-state index contributed by atoms with van der Waals surface area (Å²) >= 11 is 2.05. The smallest absolute Gasteiger partial charge is 0.137 e. The van der Waals surface area contributed by atoms with E-state index in [1.165, 1.54) is 5.57 Å². The second-order valence-electron chi connectivity index (χ2n) is 2.86. The number of allylic oxidation sites excluding steroid dienone is 8. The van der Waals surface area contributed by atoms with Gasteiger partial charge in [0.15, 0.2) is 0 Å². The number of hydrogen-bond acceptors (Lipinski definition) is 0. The molecule has 0 amide bonds. The summed E-state index contributed by atoms with van der Waals surface area (Å²) in [5.41, 5.74) is 2.23. The monoisotopic (exact) mass is 274 g/mol. The van der Waals surface area contributed by atoms with Crippen LogP contribution in [0.4, 0.5) is 4.39 Å². The third-order valence-electron chi connectivity index (χ3n) is 2.02. The van der Waals surface area contributed by atoms with E-state index in [1.807, 2.05) is 22.6 Å². The van der Waals surface area contributed by atoms with Crippen LogP contribution in [0.1, 0.15) is 12.8 Å². The second kappa shape index (κ2) is 3.17. The summed E-state index contributed by atoms with van der Waals surface area (Å²) in [4.78, 5) is 0. The molecule has 0 fully saturated rings. The molecule has 0 heterocycles. The lowest BCUT2D eigenvalue weighted by Gasteiger charge is -2.16. The third-order valence-corrected chi connectivity index (χ3v) is 3.12. The van der Waals surface area contributed by atoms with Crippen molar-refractivity contribution in [3.8, 4) is 0 Å². The van der Waals surface area contributed by atoms with Crippen molar-refractivity contribution in [3.63, 3.8) is 0 Å². The average molecular weight is 274 g/mol. The number of rotatable bonds is 1. The Morgan fingerprint density at radius 2 is 2.17 bits per heavy atom. The molecule has 62 valence electrons. The molecule has 0 spiro atoms. The summed E-state index contributed by atoms with van der Waals surface area (Å²) < 4.78 is 13.4. The van der Waals surface area contributed by atoms with Gasteiger partial charge in [0, 0.05) is 5.57 Å². The van der Waals surface area contributed by atoms with Crippen LogP contribution in [0.2, 0.25) is 0 Å². The molecule has 0 saturated carbocycles. The maximum absolute atomic E-state index is 12.7. The molecule has 0 radical (unpaired) electrons. The van der Waals surface area contributed by atoms with Crippen LogP contribution in [0.3, 0.4) is 0 Å². The first-order valence-electron chi connectivity index (χ1n) is 3.93. The SMILES string of the molecule is FC1=CC(C2=CCCC=C2)=C1I. The van der Waals surface area contributed by atoms with Gasteiger partial charge >= 0.3 is 0 Å². The zero-order chi connectivity index (χ0) is 8.55. The van der Waals surface area contributed by atoms with Gasteiger partial charge in [-0.05, 0) is 47.1 Å². The molecule has 0 saturated heterocycles. The topological polar surface area (TPSA) is 0 Å². The predicted octanol–water partition coefficient (Wildman–Crippen LogP) is 3.82. The Morgan fingerprint density at radius 1 is 1.33 bits per heavy atom. The molecule has 2 rings (SSSR count). The largest absolute Gasteiger partial charge is 0.206 e. The summed E-state index contributed by atoms with van der Waals surface area (Å²) in [5, 5.41) is 0. The molecular weight excluding hydrogens is 266 g/mol. The van der Waals surface area contributed by atoms with Crippen LogP contribution in [0.15, 0.2) is 44.9 Å².